The second-order valence-electron chi connectivity index (χ2n) is 4.15. The molecule has 0 heterocycles. The van der Waals surface area contributed by atoms with Gasteiger partial charge in [-0.25, -0.2) is 4.79 Å². The number of carbonyl (C=O) groups excluding carboxylic acids is 2. The summed E-state index contributed by atoms with van der Waals surface area (Å²) in [6, 6.07) is 5.93. The molecule has 0 aliphatic heterocycles. The summed E-state index contributed by atoms with van der Waals surface area (Å²) in [5.41, 5.74) is 6.04. The van der Waals surface area contributed by atoms with E-state index in [2.05, 4.69) is 5.32 Å². The molecule has 5 heteroatoms. The Kier molecular flexibility index (Phi) is 4.92. The van der Waals surface area contributed by atoms with Crippen LogP contribution < -0.4 is 11.1 Å². The SMILES string of the molecule is CC(C)/C=C(\C(=O)NC(N)=O)c1ccc(Cl)cc1. The number of hydrogen-bond acceptors (Lipinski definition) is 2. The third-order valence-electron chi connectivity index (χ3n) is 2.14. The molecule has 0 spiro atoms. The summed E-state index contributed by atoms with van der Waals surface area (Å²) >= 11 is 5.79. The van der Waals surface area contributed by atoms with Crippen LogP contribution in [0.3, 0.4) is 0 Å². The van der Waals surface area contributed by atoms with E-state index in [9.17, 15) is 9.59 Å². The van der Waals surface area contributed by atoms with Crippen molar-refractivity contribution >= 4 is 29.1 Å². The summed E-state index contributed by atoms with van der Waals surface area (Å²) in [7, 11) is 0. The molecule has 0 radical (unpaired) electrons. The van der Waals surface area contributed by atoms with Gasteiger partial charge in [-0.15, -0.1) is 0 Å². The predicted molar refractivity (Wildman–Crippen MR) is 72.0 cm³/mol. The number of carbonyl (C=O) groups is 2. The second-order valence-corrected chi connectivity index (χ2v) is 4.59. The third-order valence-corrected chi connectivity index (χ3v) is 2.39. The lowest BCUT2D eigenvalue weighted by molar-refractivity contribution is -0.114. The normalized spacial score (nSPS) is 11.4. The van der Waals surface area contributed by atoms with Crippen LogP contribution in [0, 0.1) is 5.92 Å². The maximum Gasteiger partial charge on any atom is 0.319 e. The highest BCUT2D eigenvalue weighted by Crippen LogP contribution is 2.19. The number of benzene rings is 1. The van der Waals surface area contributed by atoms with Crippen LogP contribution in [-0.4, -0.2) is 11.9 Å². The lowest BCUT2D eigenvalue weighted by Crippen LogP contribution is -2.35. The summed E-state index contributed by atoms with van der Waals surface area (Å²) in [4.78, 5) is 22.6. The number of hydrogen-bond donors (Lipinski definition) is 2. The quantitative estimate of drug-likeness (QED) is 0.826. The average Bonchev–Trinajstić information content (AvgIpc) is 2.26. The van der Waals surface area contributed by atoms with Crippen LogP contribution in [0.25, 0.3) is 5.57 Å². The first-order chi connectivity index (χ1) is 8.40. The molecular weight excluding hydrogens is 252 g/mol. The molecule has 1 aromatic carbocycles. The molecular formula is C13H15ClN2O2. The van der Waals surface area contributed by atoms with Crippen LogP contribution in [0.4, 0.5) is 4.79 Å². The number of urea groups is 1. The molecule has 0 saturated heterocycles. The van der Waals surface area contributed by atoms with Crippen LogP contribution in [0.2, 0.25) is 5.02 Å². The number of rotatable bonds is 3. The molecule has 0 fully saturated rings. The van der Waals surface area contributed by atoms with Crippen LogP contribution in [0.1, 0.15) is 19.4 Å². The fourth-order valence-corrected chi connectivity index (χ4v) is 1.57. The molecule has 1 aromatic rings. The van der Waals surface area contributed by atoms with E-state index in [-0.39, 0.29) is 5.92 Å². The third kappa shape index (κ3) is 4.22. The van der Waals surface area contributed by atoms with E-state index in [0.29, 0.717) is 16.2 Å². The summed E-state index contributed by atoms with van der Waals surface area (Å²) in [6.07, 6.45) is 1.77. The first kappa shape index (κ1) is 14.3. The molecule has 0 unspecified atom stereocenters. The number of allylic oxidation sites excluding steroid dienone is 1. The Morgan fingerprint density at radius 1 is 1.28 bits per heavy atom. The molecule has 0 saturated carbocycles. The zero-order valence-corrected chi connectivity index (χ0v) is 11.0. The predicted octanol–water partition coefficient (Wildman–Crippen LogP) is 2.57. The van der Waals surface area contributed by atoms with E-state index in [0.717, 1.165) is 0 Å². The van der Waals surface area contributed by atoms with Crippen molar-refractivity contribution in [3.63, 3.8) is 0 Å². The Balaban J connectivity index is 3.10. The molecule has 0 aromatic heterocycles. The summed E-state index contributed by atoms with van der Waals surface area (Å²) in [5, 5.41) is 2.64. The van der Waals surface area contributed by atoms with Crippen LogP contribution in [-0.2, 0) is 4.79 Å². The Labute approximate surface area is 111 Å². The van der Waals surface area contributed by atoms with E-state index in [1.54, 1.807) is 30.3 Å². The zero-order valence-electron chi connectivity index (χ0n) is 10.2. The minimum absolute atomic E-state index is 0.161. The molecule has 4 nitrogen and oxygen atoms in total. The average molecular weight is 267 g/mol. The van der Waals surface area contributed by atoms with Crippen LogP contribution in [0.15, 0.2) is 30.3 Å². The van der Waals surface area contributed by atoms with Gasteiger partial charge in [0.1, 0.15) is 0 Å². The van der Waals surface area contributed by atoms with Crippen molar-refractivity contribution in [2.24, 2.45) is 11.7 Å². The van der Waals surface area contributed by atoms with Crippen molar-refractivity contribution in [3.8, 4) is 0 Å². The van der Waals surface area contributed by atoms with E-state index in [1.165, 1.54) is 0 Å². The van der Waals surface area contributed by atoms with Gasteiger partial charge in [0.05, 0.1) is 0 Å². The van der Waals surface area contributed by atoms with Crippen molar-refractivity contribution in [1.29, 1.82) is 0 Å². The van der Waals surface area contributed by atoms with Gasteiger partial charge in [0.15, 0.2) is 0 Å². The molecule has 3 N–H and O–H groups in total. The largest absolute Gasteiger partial charge is 0.351 e. The van der Waals surface area contributed by atoms with Gasteiger partial charge in [0, 0.05) is 10.6 Å². The Bertz CT molecular complexity index is 478. The summed E-state index contributed by atoms with van der Waals surface area (Å²) < 4.78 is 0. The monoisotopic (exact) mass is 266 g/mol. The van der Waals surface area contributed by atoms with Gasteiger partial charge in [-0.2, -0.15) is 0 Å². The van der Waals surface area contributed by atoms with Gasteiger partial charge < -0.3 is 5.73 Å². The molecule has 1 rings (SSSR count). The van der Waals surface area contributed by atoms with Crippen molar-refractivity contribution in [3.05, 3.63) is 40.9 Å². The molecule has 0 atom stereocenters. The molecule has 0 aliphatic carbocycles. The number of imide groups is 1. The van der Waals surface area contributed by atoms with Gasteiger partial charge in [-0.05, 0) is 23.6 Å². The first-order valence-corrected chi connectivity index (χ1v) is 5.86. The lowest BCUT2D eigenvalue weighted by atomic mass is 10.0. The van der Waals surface area contributed by atoms with Crippen LogP contribution in [0.5, 0.6) is 0 Å². The van der Waals surface area contributed by atoms with E-state index in [1.807, 2.05) is 13.8 Å². The number of nitrogens with one attached hydrogen (secondary N) is 1. The van der Waals surface area contributed by atoms with Gasteiger partial charge in [0.2, 0.25) is 0 Å². The van der Waals surface area contributed by atoms with Gasteiger partial charge >= 0.3 is 6.03 Å². The number of primary amides is 1. The number of amides is 3. The van der Waals surface area contributed by atoms with Crippen molar-refractivity contribution < 1.29 is 9.59 Å². The molecule has 3 amide bonds. The number of nitrogens with two attached hydrogens (primary N) is 1. The summed E-state index contributed by atoms with van der Waals surface area (Å²) in [5.74, 6) is -0.354. The van der Waals surface area contributed by atoms with E-state index >= 15 is 0 Å². The van der Waals surface area contributed by atoms with Crippen LogP contribution >= 0.6 is 11.6 Å². The highest BCUT2D eigenvalue weighted by atomic mass is 35.5. The van der Waals surface area contributed by atoms with Gasteiger partial charge in [-0.3, -0.25) is 10.1 Å². The second kappa shape index (κ2) is 6.21. The van der Waals surface area contributed by atoms with Crippen molar-refractivity contribution in [1.82, 2.24) is 5.32 Å². The topological polar surface area (TPSA) is 72.2 Å². The van der Waals surface area contributed by atoms with E-state index < -0.39 is 11.9 Å². The first-order valence-electron chi connectivity index (χ1n) is 5.48. The Hall–Kier alpha value is -1.81. The molecule has 0 aliphatic rings. The maximum absolute atomic E-state index is 11.9. The minimum Gasteiger partial charge on any atom is -0.351 e. The highest BCUT2D eigenvalue weighted by molar-refractivity contribution is 6.30. The Morgan fingerprint density at radius 2 is 1.83 bits per heavy atom. The molecule has 18 heavy (non-hydrogen) atoms. The standard InChI is InChI=1S/C13H15ClN2O2/c1-8(2)7-11(12(17)16-13(15)18)9-3-5-10(14)6-4-9/h3-8H,1-2H3,(H3,15,16,17,18)/b11-7-. The minimum atomic E-state index is -0.872. The van der Waals surface area contributed by atoms with Gasteiger partial charge in [0.25, 0.3) is 5.91 Å². The Morgan fingerprint density at radius 3 is 2.28 bits per heavy atom. The smallest absolute Gasteiger partial charge is 0.319 e. The lowest BCUT2D eigenvalue weighted by Gasteiger charge is -2.09. The summed E-state index contributed by atoms with van der Waals surface area (Å²) in [6.45, 7) is 3.88. The zero-order chi connectivity index (χ0) is 13.7. The van der Waals surface area contributed by atoms with Crippen molar-refractivity contribution in [2.75, 3.05) is 0 Å². The fraction of sp³-hybridized carbons (Fsp3) is 0.231. The van der Waals surface area contributed by atoms with E-state index in [4.69, 9.17) is 17.3 Å². The fourth-order valence-electron chi connectivity index (χ4n) is 1.45. The highest BCUT2D eigenvalue weighted by Gasteiger charge is 2.14. The maximum atomic E-state index is 11.9. The molecule has 96 valence electrons. The van der Waals surface area contributed by atoms with Crippen molar-refractivity contribution in [2.45, 2.75) is 13.8 Å². The van der Waals surface area contributed by atoms with Gasteiger partial charge in [-0.1, -0.05) is 43.7 Å². The number of halogens is 1. The molecule has 0 bridgehead atoms.